The predicted octanol–water partition coefficient (Wildman–Crippen LogP) is 2.36. The molecule has 0 aromatic heterocycles. The first-order valence-electron chi connectivity index (χ1n) is 7.28. The first-order valence-corrected chi connectivity index (χ1v) is 8.44. The average Bonchev–Trinajstić information content (AvgIpc) is 2.66. The molecule has 1 heterocycles. The van der Waals surface area contributed by atoms with E-state index < -0.39 is 0 Å². The van der Waals surface area contributed by atoms with Crippen molar-refractivity contribution in [3.63, 3.8) is 0 Å². The van der Waals surface area contributed by atoms with Crippen LogP contribution in [0.4, 0.5) is 0 Å². The van der Waals surface area contributed by atoms with Gasteiger partial charge in [0.15, 0.2) is 0 Å². The third-order valence-corrected chi connectivity index (χ3v) is 4.46. The summed E-state index contributed by atoms with van der Waals surface area (Å²) in [4.78, 5) is 14.1. The summed E-state index contributed by atoms with van der Waals surface area (Å²) >= 11 is 1.72. The van der Waals surface area contributed by atoms with Gasteiger partial charge in [-0.15, -0.1) is 11.8 Å². The molecule has 2 rings (SSSR count). The largest absolute Gasteiger partial charge is 0.341 e. The minimum absolute atomic E-state index is 0.281. The lowest BCUT2D eigenvalue weighted by Crippen LogP contribution is -2.35. The Morgan fingerprint density at radius 3 is 2.70 bits per heavy atom. The molecule has 0 spiro atoms. The summed E-state index contributed by atoms with van der Waals surface area (Å²) in [6.45, 7) is 7.94. The summed E-state index contributed by atoms with van der Waals surface area (Å²) in [5.74, 6) is 1.79. The molecule has 4 heteroatoms. The average molecular weight is 292 g/mol. The minimum atomic E-state index is 0.281. The van der Waals surface area contributed by atoms with E-state index >= 15 is 0 Å². The van der Waals surface area contributed by atoms with Gasteiger partial charge < -0.3 is 10.2 Å². The fraction of sp³-hybridized carbons (Fsp3) is 0.562. The SMILES string of the molecule is Cc1cc(C)cc(CSCC(=O)N2CCCNCC2)c1. The van der Waals surface area contributed by atoms with Crippen molar-refractivity contribution in [1.29, 1.82) is 0 Å². The molecule has 0 aliphatic carbocycles. The van der Waals surface area contributed by atoms with Gasteiger partial charge in [-0.3, -0.25) is 4.79 Å². The highest BCUT2D eigenvalue weighted by molar-refractivity contribution is 7.99. The van der Waals surface area contributed by atoms with Gasteiger partial charge in [0, 0.05) is 25.4 Å². The second-order valence-electron chi connectivity index (χ2n) is 5.47. The van der Waals surface area contributed by atoms with Crippen LogP contribution >= 0.6 is 11.8 Å². The number of amides is 1. The van der Waals surface area contributed by atoms with Crippen LogP contribution in [0.3, 0.4) is 0 Å². The molecule has 1 saturated heterocycles. The molecule has 3 nitrogen and oxygen atoms in total. The van der Waals surface area contributed by atoms with Crippen molar-refractivity contribution in [2.24, 2.45) is 0 Å². The summed E-state index contributed by atoms with van der Waals surface area (Å²) in [5.41, 5.74) is 3.91. The summed E-state index contributed by atoms with van der Waals surface area (Å²) in [7, 11) is 0. The molecule has 1 amide bonds. The maximum Gasteiger partial charge on any atom is 0.232 e. The van der Waals surface area contributed by atoms with Crippen LogP contribution < -0.4 is 5.32 Å². The van der Waals surface area contributed by atoms with E-state index in [1.807, 2.05) is 4.90 Å². The number of nitrogens with one attached hydrogen (secondary N) is 1. The molecule has 0 unspecified atom stereocenters. The summed E-state index contributed by atoms with van der Waals surface area (Å²) < 4.78 is 0. The van der Waals surface area contributed by atoms with E-state index in [0.29, 0.717) is 5.75 Å². The van der Waals surface area contributed by atoms with Gasteiger partial charge in [-0.05, 0) is 32.4 Å². The maximum atomic E-state index is 12.2. The molecule has 110 valence electrons. The second-order valence-corrected chi connectivity index (χ2v) is 6.46. The fourth-order valence-corrected chi connectivity index (χ4v) is 3.46. The number of hydrogen-bond acceptors (Lipinski definition) is 3. The van der Waals surface area contributed by atoms with Crippen LogP contribution in [0, 0.1) is 13.8 Å². The van der Waals surface area contributed by atoms with Gasteiger partial charge in [0.25, 0.3) is 0 Å². The predicted molar refractivity (Wildman–Crippen MR) is 86.1 cm³/mol. The van der Waals surface area contributed by atoms with Gasteiger partial charge >= 0.3 is 0 Å². The van der Waals surface area contributed by atoms with Gasteiger partial charge in [0.1, 0.15) is 0 Å². The number of benzene rings is 1. The molecular formula is C16H24N2OS. The van der Waals surface area contributed by atoms with E-state index in [1.54, 1.807) is 11.8 Å². The molecule has 1 fully saturated rings. The van der Waals surface area contributed by atoms with Crippen LogP contribution in [0.1, 0.15) is 23.1 Å². The van der Waals surface area contributed by atoms with Crippen molar-refractivity contribution in [1.82, 2.24) is 10.2 Å². The molecule has 1 aliphatic rings. The Morgan fingerprint density at radius 2 is 1.95 bits per heavy atom. The fourth-order valence-electron chi connectivity index (χ4n) is 2.59. The highest BCUT2D eigenvalue weighted by atomic mass is 32.2. The van der Waals surface area contributed by atoms with E-state index in [2.05, 4.69) is 37.4 Å². The number of hydrogen-bond donors (Lipinski definition) is 1. The van der Waals surface area contributed by atoms with E-state index in [1.165, 1.54) is 16.7 Å². The summed E-state index contributed by atoms with van der Waals surface area (Å²) in [6.07, 6.45) is 1.06. The quantitative estimate of drug-likeness (QED) is 0.924. The van der Waals surface area contributed by atoms with Crippen molar-refractivity contribution in [2.75, 3.05) is 31.9 Å². The molecule has 1 aliphatic heterocycles. The van der Waals surface area contributed by atoms with E-state index in [9.17, 15) is 4.79 Å². The first-order chi connectivity index (χ1) is 9.65. The Hall–Kier alpha value is -1.00. The number of aryl methyl sites for hydroxylation is 2. The second kappa shape index (κ2) is 7.70. The van der Waals surface area contributed by atoms with Crippen LogP contribution in [-0.2, 0) is 10.5 Å². The topological polar surface area (TPSA) is 32.3 Å². The van der Waals surface area contributed by atoms with Crippen molar-refractivity contribution >= 4 is 17.7 Å². The highest BCUT2D eigenvalue weighted by Crippen LogP contribution is 2.16. The molecule has 0 atom stereocenters. The normalized spacial score (nSPS) is 16.0. The third-order valence-electron chi connectivity index (χ3n) is 3.47. The molecule has 0 bridgehead atoms. The lowest BCUT2D eigenvalue weighted by Gasteiger charge is -2.19. The minimum Gasteiger partial charge on any atom is -0.341 e. The Bertz CT molecular complexity index is 434. The van der Waals surface area contributed by atoms with Crippen molar-refractivity contribution in [3.05, 3.63) is 34.9 Å². The van der Waals surface area contributed by atoms with Crippen molar-refractivity contribution in [2.45, 2.75) is 26.0 Å². The molecule has 20 heavy (non-hydrogen) atoms. The standard InChI is InChI=1S/C16H24N2OS/c1-13-8-14(2)10-15(9-13)11-20-12-16(19)18-6-3-4-17-5-7-18/h8-10,17H,3-7,11-12H2,1-2H3. The highest BCUT2D eigenvalue weighted by Gasteiger charge is 2.14. The molecule has 1 aromatic carbocycles. The van der Waals surface area contributed by atoms with Gasteiger partial charge in [0.2, 0.25) is 5.91 Å². The Morgan fingerprint density at radius 1 is 1.20 bits per heavy atom. The molecular weight excluding hydrogens is 268 g/mol. The van der Waals surface area contributed by atoms with E-state index in [0.717, 1.165) is 38.4 Å². The van der Waals surface area contributed by atoms with Gasteiger partial charge in [-0.1, -0.05) is 29.3 Å². The lowest BCUT2D eigenvalue weighted by molar-refractivity contribution is -0.128. The van der Waals surface area contributed by atoms with Gasteiger partial charge in [-0.2, -0.15) is 0 Å². The number of nitrogens with zero attached hydrogens (tertiary/aromatic N) is 1. The number of carbonyl (C=O) groups is 1. The van der Waals surface area contributed by atoms with Gasteiger partial charge in [-0.25, -0.2) is 0 Å². The van der Waals surface area contributed by atoms with Crippen molar-refractivity contribution in [3.8, 4) is 0 Å². The molecule has 0 radical (unpaired) electrons. The Labute approximate surface area is 126 Å². The smallest absolute Gasteiger partial charge is 0.232 e. The Kier molecular flexibility index (Phi) is 5.92. The maximum absolute atomic E-state index is 12.2. The molecule has 1 aromatic rings. The van der Waals surface area contributed by atoms with Crippen LogP contribution in [0.25, 0.3) is 0 Å². The zero-order valence-electron chi connectivity index (χ0n) is 12.4. The first kappa shape index (κ1) is 15.4. The number of rotatable bonds is 4. The number of thioether (sulfide) groups is 1. The van der Waals surface area contributed by atoms with Crippen LogP contribution in [-0.4, -0.2) is 42.7 Å². The zero-order valence-corrected chi connectivity index (χ0v) is 13.3. The monoisotopic (exact) mass is 292 g/mol. The third kappa shape index (κ3) is 4.84. The Balaban J connectivity index is 1.78. The summed E-state index contributed by atoms with van der Waals surface area (Å²) in [6, 6.07) is 6.60. The van der Waals surface area contributed by atoms with E-state index in [4.69, 9.17) is 0 Å². The van der Waals surface area contributed by atoms with E-state index in [-0.39, 0.29) is 5.91 Å². The number of carbonyl (C=O) groups excluding carboxylic acids is 1. The van der Waals surface area contributed by atoms with Crippen LogP contribution in [0.5, 0.6) is 0 Å². The molecule has 1 N–H and O–H groups in total. The lowest BCUT2D eigenvalue weighted by atomic mass is 10.1. The van der Waals surface area contributed by atoms with Crippen molar-refractivity contribution < 1.29 is 4.79 Å². The molecule has 0 saturated carbocycles. The van der Waals surface area contributed by atoms with Crippen LogP contribution in [0.2, 0.25) is 0 Å². The van der Waals surface area contributed by atoms with Gasteiger partial charge in [0.05, 0.1) is 5.75 Å². The summed E-state index contributed by atoms with van der Waals surface area (Å²) in [5, 5.41) is 3.33. The zero-order chi connectivity index (χ0) is 14.4. The van der Waals surface area contributed by atoms with Crippen LogP contribution in [0.15, 0.2) is 18.2 Å².